The summed E-state index contributed by atoms with van der Waals surface area (Å²) >= 11 is 4.92. The predicted molar refractivity (Wildman–Crippen MR) is 60.4 cm³/mol. The molecule has 0 rings (SSSR count). The van der Waals surface area contributed by atoms with Crippen LogP contribution in [0.5, 0.6) is 0 Å². The van der Waals surface area contributed by atoms with Gasteiger partial charge in [-0.25, -0.2) is 0 Å². The number of hydrogen-bond acceptors (Lipinski definition) is 5. The molecule has 84 valence electrons. The van der Waals surface area contributed by atoms with E-state index in [9.17, 15) is 0 Å². The van der Waals surface area contributed by atoms with Gasteiger partial charge in [-0.2, -0.15) is 0 Å². The highest BCUT2D eigenvalue weighted by Gasteiger charge is 2.36. The molecule has 0 saturated heterocycles. The predicted octanol–water partition coefficient (Wildman–Crippen LogP) is 1.62. The van der Waals surface area contributed by atoms with Crippen LogP contribution in [0.3, 0.4) is 0 Å². The van der Waals surface area contributed by atoms with E-state index in [1.807, 2.05) is 0 Å². The summed E-state index contributed by atoms with van der Waals surface area (Å²) in [5.74, 6) is 0. The highest BCUT2D eigenvalue weighted by Crippen LogP contribution is 2.16. The number of thiocarbonyl (C=S) groups is 1. The molecule has 0 fully saturated rings. The molecule has 0 spiro atoms. The molecular weight excluding hydrogens is 220 g/mol. The Morgan fingerprint density at radius 2 is 1.57 bits per heavy atom. The van der Waals surface area contributed by atoms with Crippen molar-refractivity contribution < 1.29 is 18.0 Å². The third-order valence-corrected chi connectivity index (χ3v) is 5.23. The van der Waals surface area contributed by atoms with Gasteiger partial charge >= 0.3 is 8.80 Å². The summed E-state index contributed by atoms with van der Waals surface area (Å²) in [6.07, 6.45) is 1.59. The lowest BCUT2D eigenvalue weighted by Gasteiger charge is -2.24. The van der Waals surface area contributed by atoms with E-state index in [1.165, 1.54) is 0 Å². The Bertz CT molecular complexity index is 164. The van der Waals surface area contributed by atoms with Gasteiger partial charge in [0.25, 0.3) is 0 Å². The van der Waals surface area contributed by atoms with Crippen LogP contribution in [0.4, 0.5) is 0 Å². The van der Waals surface area contributed by atoms with Gasteiger partial charge in [0.05, 0.1) is 7.11 Å². The molecule has 0 aromatic carbocycles. The van der Waals surface area contributed by atoms with E-state index in [-0.39, 0.29) is 0 Å². The van der Waals surface area contributed by atoms with E-state index >= 15 is 0 Å². The molecule has 0 saturated carbocycles. The van der Waals surface area contributed by atoms with E-state index in [2.05, 4.69) is 0 Å². The monoisotopic (exact) mass is 238 g/mol. The molecule has 6 heteroatoms. The van der Waals surface area contributed by atoms with Crippen molar-refractivity contribution in [2.75, 3.05) is 28.4 Å². The lowest BCUT2D eigenvalue weighted by atomic mass is 10.4. The first-order valence-electron chi connectivity index (χ1n) is 4.36. The van der Waals surface area contributed by atoms with Crippen LogP contribution >= 0.6 is 12.2 Å². The first-order chi connectivity index (χ1) is 6.64. The average Bonchev–Trinajstić information content (AvgIpc) is 2.25. The topological polar surface area (TPSA) is 36.9 Å². The number of methoxy groups -OCH3 is 1. The zero-order valence-electron chi connectivity index (χ0n) is 9.16. The van der Waals surface area contributed by atoms with Crippen molar-refractivity contribution in [2.24, 2.45) is 0 Å². The largest absolute Gasteiger partial charge is 0.500 e. The fraction of sp³-hybridized carbons (Fsp3) is 0.875. The highest BCUT2D eigenvalue weighted by atomic mass is 32.1. The molecule has 0 radical (unpaired) electrons. The molecule has 0 N–H and O–H groups in total. The Balaban J connectivity index is 3.88. The van der Waals surface area contributed by atoms with E-state index in [0.717, 1.165) is 18.9 Å². The Morgan fingerprint density at radius 1 is 1.07 bits per heavy atom. The van der Waals surface area contributed by atoms with Gasteiger partial charge in [-0.05, 0) is 18.6 Å². The Morgan fingerprint density at radius 3 is 1.93 bits per heavy atom. The van der Waals surface area contributed by atoms with Gasteiger partial charge in [0.2, 0.25) is 0 Å². The second-order valence-corrected chi connectivity index (χ2v) is 6.27. The Hall–Kier alpha value is -0.0131. The van der Waals surface area contributed by atoms with Crippen LogP contribution in [0.1, 0.15) is 12.8 Å². The second-order valence-electron chi connectivity index (χ2n) is 2.73. The van der Waals surface area contributed by atoms with E-state index in [1.54, 1.807) is 28.4 Å². The van der Waals surface area contributed by atoms with Crippen molar-refractivity contribution in [2.45, 2.75) is 18.9 Å². The summed E-state index contributed by atoms with van der Waals surface area (Å²) in [5, 5.41) is 0.608. The van der Waals surface area contributed by atoms with Crippen molar-refractivity contribution >= 4 is 26.1 Å². The van der Waals surface area contributed by atoms with Crippen LogP contribution in [0, 0.1) is 0 Å². The minimum atomic E-state index is -2.41. The normalized spacial score (nSPS) is 11.4. The summed E-state index contributed by atoms with van der Waals surface area (Å²) in [6, 6.07) is 0.750. The van der Waals surface area contributed by atoms with Crippen LogP contribution in [-0.2, 0) is 18.0 Å². The van der Waals surface area contributed by atoms with Crippen molar-refractivity contribution in [3.8, 4) is 0 Å². The molecule has 0 aliphatic rings. The van der Waals surface area contributed by atoms with Gasteiger partial charge in [0.1, 0.15) is 0 Å². The van der Waals surface area contributed by atoms with Crippen molar-refractivity contribution in [1.29, 1.82) is 0 Å². The highest BCUT2D eigenvalue weighted by molar-refractivity contribution is 7.80. The molecular formula is C8H18O4SSi. The molecule has 0 aliphatic heterocycles. The maximum absolute atomic E-state index is 5.26. The minimum Gasteiger partial charge on any atom is -0.490 e. The smallest absolute Gasteiger partial charge is 0.490 e. The third kappa shape index (κ3) is 4.47. The van der Waals surface area contributed by atoms with Crippen LogP contribution in [-0.4, -0.2) is 42.3 Å². The molecule has 0 amide bonds. The van der Waals surface area contributed by atoms with Crippen LogP contribution in [0.2, 0.25) is 6.04 Å². The molecule has 0 heterocycles. The lowest BCUT2D eigenvalue weighted by molar-refractivity contribution is 0.123. The van der Waals surface area contributed by atoms with Gasteiger partial charge in [-0.1, -0.05) is 0 Å². The van der Waals surface area contributed by atoms with Crippen molar-refractivity contribution in [1.82, 2.24) is 0 Å². The maximum Gasteiger partial charge on any atom is 0.500 e. The number of rotatable bonds is 7. The van der Waals surface area contributed by atoms with Crippen LogP contribution in [0.25, 0.3) is 0 Å². The fourth-order valence-corrected chi connectivity index (χ4v) is 2.97. The molecule has 0 aliphatic carbocycles. The summed E-state index contributed by atoms with van der Waals surface area (Å²) in [6.45, 7) is 0. The van der Waals surface area contributed by atoms with Crippen LogP contribution < -0.4 is 0 Å². The first-order valence-corrected chi connectivity index (χ1v) is 6.70. The summed E-state index contributed by atoms with van der Waals surface area (Å²) < 4.78 is 20.7. The average molecular weight is 238 g/mol. The number of hydrogen-bond donors (Lipinski definition) is 0. The van der Waals surface area contributed by atoms with Crippen molar-refractivity contribution in [3.63, 3.8) is 0 Å². The van der Waals surface area contributed by atoms with E-state index in [4.69, 9.17) is 30.2 Å². The summed E-state index contributed by atoms with van der Waals surface area (Å²) in [5.41, 5.74) is 0. The first kappa shape index (κ1) is 14.0. The zero-order chi connectivity index (χ0) is 11.0. The van der Waals surface area contributed by atoms with E-state index < -0.39 is 8.80 Å². The lowest BCUT2D eigenvalue weighted by Crippen LogP contribution is -2.42. The zero-order valence-corrected chi connectivity index (χ0v) is 11.0. The molecule has 14 heavy (non-hydrogen) atoms. The molecule has 0 aromatic rings. The van der Waals surface area contributed by atoms with Gasteiger partial charge in [-0.3, -0.25) is 0 Å². The Labute approximate surface area is 91.9 Å². The van der Waals surface area contributed by atoms with Gasteiger partial charge in [0, 0.05) is 33.8 Å². The maximum atomic E-state index is 5.26. The summed E-state index contributed by atoms with van der Waals surface area (Å²) in [7, 11) is 3.98. The number of ether oxygens (including phenoxy) is 1. The fourth-order valence-electron chi connectivity index (χ4n) is 1.11. The van der Waals surface area contributed by atoms with E-state index in [0.29, 0.717) is 5.05 Å². The Kier molecular flexibility index (Phi) is 7.29. The van der Waals surface area contributed by atoms with Crippen molar-refractivity contribution in [3.05, 3.63) is 0 Å². The second kappa shape index (κ2) is 7.30. The molecule has 0 aromatic heterocycles. The third-order valence-electron chi connectivity index (χ3n) is 2.02. The van der Waals surface area contributed by atoms with Gasteiger partial charge in [0.15, 0.2) is 5.05 Å². The molecule has 0 unspecified atom stereocenters. The standard InChI is InChI=1S/C8H18O4SSi/c1-9-8(13)6-5-7-14(10-2,11-3)12-4/h5-7H2,1-4H3. The molecule has 4 nitrogen and oxygen atoms in total. The summed E-state index contributed by atoms with van der Waals surface area (Å²) in [4.78, 5) is 0. The van der Waals surface area contributed by atoms with Gasteiger partial charge < -0.3 is 18.0 Å². The quantitative estimate of drug-likeness (QED) is 0.497. The molecule has 0 bridgehead atoms. The van der Waals surface area contributed by atoms with Gasteiger partial charge in [-0.15, -0.1) is 0 Å². The van der Waals surface area contributed by atoms with Crippen LogP contribution in [0.15, 0.2) is 0 Å². The minimum absolute atomic E-state index is 0.608. The SMILES string of the molecule is COC(=S)CCC[Si](OC)(OC)OC. The molecule has 0 atom stereocenters.